The highest BCUT2D eigenvalue weighted by Gasteiger charge is 2.09. The van der Waals surface area contributed by atoms with Crippen molar-refractivity contribution in [2.24, 2.45) is 0 Å². The minimum Gasteiger partial charge on any atom is -0.506 e. The fourth-order valence-electron chi connectivity index (χ4n) is 2.16. The van der Waals surface area contributed by atoms with E-state index < -0.39 is 0 Å². The van der Waals surface area contributed by atoms with Crippen molar-refractivity contribution in [1.29, 1.82) is 0 Å². The lowest BCUT2D eigenvalue weighted by atomic mass is 10.1. The van der Waals surface area contributed by atoms with Crippen molar-refractivity contribution >= 4 is 16.7 Å². The van der Waals surface area contributed by atoms with E-state index in [4.69, 9.17) is 0 Å². The van der Waals surface area contributed by atoms with Crippen LogP contribution in [0.1, 0.15) is 16.1 Å². The maximum atomic E-state index is 12.1. The summed E-state index contributed by atoms with van der Waals surface area (Å²) in [5.74, 6) is 0.157. The van der Waals surface area contributed by atoms with Crippen LogP contribution in [-0.2, 0) is 6.42 Å². The Morgan fingerprint density at radius 3 is 2.55 bits per heavy atom. The first-order valence-electron chi connectivity index (χ1n) is 6.40. The predicted octanol–water partition coefficient (Wildman–Crippen LogP) is 3.37. The molecule has 0 bridgehead atoms. The molecule has 0 amide bonds. The van der Waals surface area contributed by atoms with E-state index in [9.17, 15) is 9.90 Å². The molecule has 0 unspecified atom stereocenters. The molecule has 1 heterocycles. The van der Waals surface area contributed by atoms with E-state index in [1.165, 1.54) is 0 Å². The summed E-state index contributed by atoms with van der Waals surface area (Å²) in [7, 11) is 0. The van der Waals surface area contributed by atoms with Gasteiger partial charge in [-0.1, -0.05) is 48.5 Å². The highest BCUT2D eigenvalue weighted by molar-refractivity contribution is 5.97. The van der Waals surface area contributed by atoms with E-state index in [-0.39, 0.29) is 18.0 Å². The lowest BCUT2D eigenvalue weighted by Gasteiger charge is -2.04. The molecule has 0 radical (unpaired) electrons. The Morgan fingerprint density at radius 1 is 0.950 bits per heavy atom. The average molecular weight is 263 g/mol. The van der Waals surface area contributed by atoms with Crippen molar-refractivity contribution in [2.75, 3.05) is 0 Å². The molecule has 0 spiro atoms. The van der Waals surface area contributed by atoms with Crippen LogP contribution in [-0.4, -0.2) is 15.9 Å². The number of phenols is 1. The summed E-state index contributed by atoms with van der Waals surface area (Å²) >= 11 is 0. The minimum absolute atomic E-state index is 0.0212. The quantitative estimate of drug-likeness (QED) is 0.737. The number of benzene rings is 2. The second kappa shape index (κ2) is 5.13. The Balaban J connectivity index is 1.92. The Bertz CT molecular complexity index is 766. The Morgan fingerprint density at radius 2 is 1.75 bits per heavy atom. The Kier molecular flexibility index (Phi) is 3.17. The van der Waals surface area contributed by atoms with Crippen molar-refractivity contribution in [3.8, 4) is 5.75 Å². The number of rotatable bonds is 3. The highest BCUT2D eigenvalue weighted by Crippen LogP contribution is 2.22. The van der Waals surface area contributed by atoms with Gasteiger partial charge >= 0.3 is 0 Å². The van der Waals surface area contributed by atoms with E-state index in [2.05, 4.69) is 4.98 Å². The third-order valence-electron chi connectivity index (χ3n) is 3.19. The Hall–Kier alpha value is -2.68. The molecule has 0 saturated carbocycles. The van der Waals surface area contributed by atoms with E-state index in [0.717, 1.165) is 5.39 Å². The summed E-state index contributed by atoms with van der Waals surface area (Å²) in [4.78, 5) is 16.5. The third-order valence-corrected chi connectivity index (χ3v) is 3.19. The molecular formula is C17H13NO2. The zero-order valence-corrected chi connectivity index (χ0v) is 10.8. The van der Waals surface area contributed by atoms with Gasteiger partial charge in [-0.3, -0.25) is 4.79 Å². The number of ketones is 1. The van der Waals surface area contributed by atoms with Gasteiger partial charge < -0.3 is 5.11 Å². The van der Waals surface area contributed by atoms with Gasteiger partial charge in [-0.15, -0.1) is 0 Å². The molecule has 3 nitrogen and oxygen atoms in total. The van der Waals surface area contributed by atoms with E-state index in [1.807, 2.05) is 36.4 Å². The smallest absolute Gasteiger partial charge is 0.168 e. The largest absolute Gasteiger partial charge is 0.506 e. The zero-order valence-electron chi connectivity index (χ0n) is 10.8. The number of carbonyl (C=O) groups is 1. The van der Waals surface area contributed by atoms with Crippen molar-refractivity contribution < 1.29 is 9.90 Å². The zero-order chi connectivity index (χ0) is 13.9. The monoisotopic (exact) mass is 263 g/mol. The maximum Gasteiger partial charge on any atom is 0.168 e. The van der Waals surface area contributed by atoms with Crippen LogP contribution < -0.4 is 0 Å². The molecule has 0 fully saturated rings. The van der Waals surface area contributed by atoms with Gasteiger partial charge in [0.05, 0.1) is 6.42 Å². The normalized spacial score (nSPS) is 10.6. The number of fused-ring (bicyclic) bond motifs is 1. The van der Waals surface area contributed by atoms with Gasteiger partial charge in [0.15, 0.2) is 5.78 Å². The Labute approximate surface area is 116 Å². The first-order valence-corrected chi connectivity index (χ1v) is 6.40. The maximum absolute atomic E-state index is 12.1. The number of para-hydroxylation sites is 1. The average Bonchev–Trinajstić information content (AvgIpc) is 2.49. The molecule has 1 N–H and O–H groups in total. The van der Waals surface area contributed by atoms with Crippen LogP contribution in [0.3, 0.4) is 0 Å². The molecule has 0 atom stereocenters. The predicted molar refractivity (Wildman–Crippen MR) is 77.9 cm³/mol. The van der Waals surface area contributed by atoms with Crippen LogP contribution >= 0.6 is 0 Å². The standard InChI is InChI=1S/C17H13NO2/c19-15-8-4-7-13-9-10-14(18-17(13)15)11-16(20)12-5-2-1-3-6-12/h1-10,19H,11H2. The van der Waals surface area contributed by atoms with Gasteiger partial charge in [-0.05, 0) is 12.1 Å². The van der Waals surface area contributed by atoms with Gasteiger partial charge in [-0.2, -0.15) is 0 Å². The molecule has 0 aliphatic heterocycles. The number of Topliss-reactive ketones (excluding diaryl/α,β-unsaturated/α-hetero) is 1. The van der Waals surface area contributed by atoms with Gasteiger partial charge in [0, 0.05) is 16.6 Å². The van der Waals surface area contributed by atoms with Crippen molar-refractivity contribution in [2.45, 2.75) is 6.42 Å². The van der Waals surface area contributed by atoms with Gasteiger partial charge in [0.25, 0.3) is 0 Å². The van der Waals surface area contributed by atoms with Gasteiger partial charge in [-0.25, -0.2) is 4.98 Å². The lowest BCUT2D eigenvalue weighted by molar-refractivity contribution is 0.0992. The summed E-state index contributed by atoms with van der Waals surface area (Å²) in [5.41, 5.74) is 1.87. The second-order valence-corrected chi connectivity index (χ2v) is 4.62. The topological polar surface area (TPSA) is 50.2 Å². The van der Waals surface area contributed by atoms with Crippen LogP contribution in [0.4, 0.5) is 0 Å². The van der Waals surface area contributed by atoms with Crippen LogP contribution in [0.15, 0.2) is 60.7 Å². The number of hydrogen-bond donors (Lipinski definition) is 1. The van der Waals surface area contributed by atoms with Gasteiger partial charge in [0.1, 0.15) is 11.3 Å². The van der Waals surface area contributed by atoms with Crippen LogP contribution in [0.5, 0.6) is 5.75 Å². The summed E-state index contributed by atoms with van der Waals surface area (Å²) in [6.07, 6.45) is 0.230. The molecule has 98 valence electrons. The number of phenolic OH excluding ortho intramolecular Hbond substituents is 1. The van der Waals surface area contributed by atoms with Crippen molar-refractivity contribution in [3.05, 3.63) is 71.9 Å². The number of hydrogen-bond acceptors (Lipinski definition) is 3. The molecule has 3 rings (SSSR count). The summed E-state index contributed by atoms with van der Waals surface area (Å²) in [5, 5.41) is 10.7. The third kappa shape index (κ3) is 2.38. The first kappa shape index (κ1) is 12.4. The lowest BCUT2D eigenvalue weighted by Crippen LogP contribution is -2.04. The molecule has 3 aromatic rings. The first-order chi connectivity index (χ1) is 9.74. The number of pyridine rings is 1. The summed E-state index contributed by atoms with van der Waals surface area (Å²) < 4.78 is 0. The number of aromatic hydroxyl groups is 1. The number of carbonyl (C=O) groups excluding carboxylic acids is 1. The molecule has 0 aliphatic carbocycles. The molecule has 2 aromatic carbocycles. The van der Waals surface area contributed by atoms with E-state index >= 15 is 0 Å². The fourth-order valence-corrected chi connectivity index (χ4v) is 2.16. The molecular weight excluding hydrogens is 250 g/mol. The molecule has 0 saturated heterocycles. The van der Waals surface area contributed by atoms with Crippen LogP contribution in [0.2, 0.25) is 0 Å². The van der Waals surface area contributed by atoms with Gasteiger partial charge in [0.2, 0.25) is 0 Å². The van der Waals surface area contributed by atoms with Crippen LogP contribution in [0, 0.1) is 0 Å². The molecule has 20 heavy (non-hydrogen) atoms. The SMILES string of the molecule is O=C(Cc1ccc2cccc(O)c2n1)c1ccccc1. The fraction of sp³-hybridized carbons (Fsp3) is 0.0588. The number of aromatic nitrogens is 1. The van der Waals surface area contributed by atoms with E-state index in [0.29, 0.717) is 16.8 Å². The van der Waals surface area contributed by atoms with E-state index in [1.54, 1.807) is 24.3 Å². The molecule has 1 aromatic heterocycles. The van der Waals surface area contributed by atoms with Crippen molar-refractivity contribution in [3.63, 3.8) is 0 Å². The van der Waals surface area contributed by atoms with Crippen molar-refractivity contribution in [1.82, 2.24) is 4.98 Å². The highest BCUT2D eigenvalue weighted by atomic mass is 16.3. The summed E-state index contributed by atoms with van der Waals surface area (Å²) in [6, 6.07) is 18.1. The van der Waals surface area contributed by atoms with Crippen LogP contribution in [0.25, 0.3) is 10.9 Å². The second-order valence-electron chi connectivity index (χ2n) is 4.62. The summed E-state index contributed by atoms with van der Waals surface area (Å²) in [6.45, 7) is 0. The minimum atomic E-state index is 0.0212. The molecule has 3 heteroatoms. The number of nitrogens with zero attached hydrogens (tertiary/aromatic N) is 1. The molecule has 0 aliphatic rings.